The van der Waals surface area contributed by atoms with Crippen LogP contribution in [-0.4, -0.2) is 43.3 Å². The van der Waals surface area contributed by atoms with Crippen LogP contribution in [0.25, 0.3) is 0 Å². The largest absolute Gasteiger partial charge is 0.393 e. The third-order valence-electron chi connectivity index (χ3n) is 4.41. The minimum absolute atomic E-state index is 0.171. The van der Waals surface area contributed by atoms with Crippen LogP contribution >= 0.6 is 0 Å². The summed E-state index contributed by atoms with van der Waals surface area (Å²) < 4.78 is 38.5. The molecule has 1 aliphatic heterocycles. The number of likely N-dealkylation sites (tertiary alicyclic amines) is 1. The van der Waals surface area contributed by atoms with Gasteiger partial charge in [-0.15, -0.1) is 0 Å². The lowest BCUT2D eigenvalue weighted by Crippen LogP contribution is -2.49. The number of piperidine rings is 1. The Kier molecular flexibility index (Phi) is 7.30. The van der Waals surface area contributed by atoms with Gasteiger partial charge in [-0.25, -0.2) is 0 Å². The lowest BCUT2D eigenvalue weighted by Gasteiger charge is -2.37. The normalized spacial score (nSPS) is 24.6. The van der Waals surface area contributed by atoms with Gasteiger partial charge in [0, 0.05) is 19.1 Å². The molecule has 1 rings (SSSR count). The summed E-state index contributed by atoms with van der Waals surface area (Å²) in [5.74, 6) is -0.646. The van der Waals surface area contributed by atoms with E-state index in [0.29, 0.717) is 18.4 Å². The predicted octanol–water partition coefficient (Wildman–Crippen LogP) is 3.68. The number of rotatable bonds is 7. The SMILES string of the molecule is CCCNC(CN1CCCC(C(F)(F)F)C1)C(C)CC. The summed E-state index contributed by atoms with van der Waals surface area (Å²) in [5.41, 5.74) is 0. The van der Waals surface area contributed by atoms with E-state index in [0.717, 1.165) is 32.5 Å². The van der Waals surface area contributed by atoms with Gasteiger partial charge < -0.3 is 10.2 Å². The van der Waals surface area contributed by atoms with Crippen LogP contribution in [0, 0.1) is 11.8 Å². The predicted molar refractivity (Wildman–Crippen MR) is 76.8 cm³/mol. The molecular formula is C15H29F3N2. The second-order valence-electron chi connectivity index (χ2n) is 6.09. The second kappa shape index (κ2) is 8.23. The Morgan fingerprint density at radius 3 is 2.55 bits per heavy atom. The highest BCUT2D eigenvalue weighted by atomic mass is 19.4. The average Bonchev–Trinajstić information content (AvgIpc) is 2.42. The van der Waals surface area contributed by atoms with E-state index < -0.39 is 12.1 Å². The molecule has 0 aromatic carbocycles. The zero-order chi connectivity index (χ0) is 15.2. The maximum absolute atomic E-state index is 12.8. The van der Waals surface area contributed by atoms with E-state index >= 15 is 0 Å². The molecule has 0 saturated carbocycles. The first-order valence-electron chi connectivity index (χ1n) is 7.90. The summed E-state index contributed by atoms with van der Waals surface area (Å²) in [6, 6.07) is 0.298. The highest BCUT2D eigenvalue weighted by Crippen LogP contribution is 2.33. The van der Waals surface area contributed by atoms with Gasteiger partial charge in [-0.1, -0.05) is 27.2 Å². The molecule has 0 spiro atoms. The zero-order valence-corrected chi connectivity index (χ0v) is 13.0. The molecular weight excluding hydrogens is 265 g/mol. The van der Waals surface area contributed by atoms with Crippen molar-refractivity contribution in [2.45, 2.75) is 58.7 Å². The van der Waals surface area contributed by atoms with Crippen LogP contribution in [0.2, 0.25) is 0 Å². The van der Waals surface area contributed by atoms with E-state index in [4.69, 9.17) is 0 Å². The number of nitrogens with zero attached hydrogens (tertiary/aromatic N) is 1. The molecule has 5 heteroatoms. The van der Waals surface area contributed by atoms with Crippen LogP contribution in [0.1, 0.15) is 46.5 Å². The number of nitrogens with one attached hydrogen (secondary N) is 1. The molecule has 0 aromatic heterocycles. The van der Waals surface area contributed by atoms with Gasteiger partial charge in [-0.05, 0) is 38.3 Å². The Hall–Kier alpha value is -0.290. The topological polar surface area (TPSA) is 15.3 Å². The quantitative estimate of drug-likeness (QED) is 0.770. The van der Waals surface area contributed by atoms with Gasteiger partial charge in [0.2, 0.25) is 0 Å². The minimum atomic E-state index is -4.04. The molecule has 0 bridgehead atoms. The van der Waals surface area contributed by atoms with E-state index in [1.807, 2.05) is 4.90 Å². The standard InChI is InChI=1S/C15H29F3N2/c1-4-8-19-14(12(3)5-2)11-20-9-6-7-13(10-20)15(16,17)18/h12-14,19H,4-11H2,1-3H3. The Labute approximate surface area is 121 Å². The lowest BCUT2D eigenvalue weighted by atomic mass is 9.94. The number of halogens is 3. The summed E-state index contributed by atoms with van der Waals surface area (Å²) >= 11 is 0. The van der Waals surface area contributed by atoms with E-state index in [1.54, 1.807) is 0 Å². The van der Waals surface area contributed by atoms with E-state index in [-0.39, 0.29) is 13.0 Å². The Morgan fingerprint density at radius 2 is 2.00 bits per heavy atom. The van der Waals surface area contributed by atoms with Gasteiger partial charge in [0.25, 0.3) is 0 Å². The third-order valence-corrected chi connectivity index (χ3v) is 4.41. The monoisotopic (exact) mass is 294 g/mol. The van der Waals surface area contributed by atoms with Gasteiger partial charge in [0.05, 0.1) is 5.92 Å². The van der Waals surface area contributed by atoms with Crippen LogP contribution in [0.5, 0.6) is 0 Å². The summed E-state index contributed by atoms with van der Waals surface area (Å²) in [6.07, 6.45) is -0.987. The van der Waals surface area contributed by atoms with Gasteiger partial charge in [-0.3, -0.25) is 0 Å². The molecule has 1 saturated heterocycles. The van der Waals surface area contributed by atoms with Crippen molar-refractivity contribution in [2.24, 2.45) is 11.8 Å². The van der Waals surface area contributed by atoms with Crippen molar-refractivity contribution in [1.29, 1.82) is 0 Å². The van der Waals surface area contributed by atoms with Crippen LogP contribution in [0.15, 0.2) is 0 Å². The third kappa shape index (κ3) is 5.60. The first-order chi connectivity index (χ1) is 9.38. The number of hydrogen-bond donors (Lipinski definition) is 1. The van der Waals surface area contributed by atoms with Crippen LogP contribution < -0.4 is 5.32 Å². The van der Waals surface area contributed by atoms with Crippen molar-refractivity contribution < 1.29 is 13.2 Å². The minimum Gasteiger partial charge on any atom is -0.312 e. The molecule has 0 aromatic rings. The Balaban J connectivity index is 2.54. The van der Waals surface area contributed by atoms with Gasteiger partial charge in [0.15, 0.2) is 0 Å². The highest BCUT2D eigenvalue weighted by molar-refractivity contribution is 4.83. The molecule has 1 fully saturated rings. The van der Waals surface area contributed by atoms with Crippen LogP contribution in [0.3, 0.4) is 0 Å². The molecule has 1 heterocycles. The fraction of sp³-hybridized carbons (Fsp3) is 1.00. The highest BCUT2D eigenvalue weighted by Gasteiger charge is 2.42. The maximum atomic E-state index is 12.8. The molecule has 0 radical (unpaired) electrons. The summed E-state index contributed by atoms with van der Waals surface area (Å²) in [7, 11) is 0. The summed E-state index contributed by atoms with van der Waals surface area (Å²) in [5, 5.41) is 3.50. The number of hydrogen-bond acceptors (Lipinski definition) is 2. The number of alkyl halides is 3. The van der Waals surface area contributed by atoms with Gasteiger partial charge in [-0.2, -0.15) is 13.2 Å². The van der Waals surface area contributed by atoms with E-state index in [9.17, 15) is 13.2 Å². The first-order valence-corrected chi connectivity index (χ1v) is 7.90. The molecule has 2 nitrogen and oxygen atoms in total. The lowest BCUT2D eigenvalue weighted by molar-refractivity contribution is -0.187. The van der Waals surface area contributed by atoms with E-state index in [2.05, 4.69) is 26.1 Å². The molecule has 3 atom stereocenters. The van der Waals surface area contributed by atoms with Crippen molar-refractivity contribution in [3.63, 3.8) is 0 Å². The van der Waals surface area contributed by atoms with Gasteiger partial charge >= 0.3 is 6.18 Å². The van der Waals surface area contributed by atoms with Crippen molar-refractivity contribution in [2.75, 3.05) is 26.2 Å². The maximum Gasteiger partial charge on any atom is 0.393 e. The molecule has 3 unspecified atom stereocenters. The molecule has 120 valence electrons. The van der Waals surface area contributed by atoms with E-state index in [1.165, 1.54) is 0 Å². The molecule has 1 aliphatic rings. The average molecular weight is 294 g/mol. The summed E-state index contributed by atoms with van der Waals surface area (Å²) in [4.78, 5) is 2.00. The Bertz CT molecular complexity index is 268. The smallest absolute Gasteiger partial charge is 0.312 e. The second-order valence-corrected chi connectivity index (χ2v) is 6.09. The van der Waals surface area contributed by atoms with Crippen molar-refractivity contribution >= 4 is 0 Å². The Morgan fingerprint density at radius 1 is 1.30 bits per heavy atom. The fourth-order valence-corrected chi connectivity index (χ4v) is 2.83. The molecule has 0 amide bonds. The fourth-order valence-electron chi connectivity index (χ4n) is 2.83. The van der Waals surface area contributed by atoms with Crippen molar-refractivity contribution in [3.05, 3.63) is 0 Å². The van der Waals surface area contributed by atoms with Crippen LogP contribution in [-0.2, 0) is 0 Å². The molecule has 20 heavy (non-hydrogen) atoms. The summed E-state index contributed by atoms with van der Waals surface area (Å²) in [6.45, 7) is 9.07. The van der Waals surface area contributed by atoms with Gasteiger partial charge in [0.1, 0.15) is 0 Å². The first kappa shape index (κ1) is 17.8. The van der Waals surface area contributed by atoms with Crippen molar-refractivity contribution in [3.8, 4) is 0 Å². The zero-order valence-electron chi connectivity index (χ0n) is 13.0. The van der Waals surface area contributed by atoms with Crippen molar-refractivity contribution in [1.82, 2.24) is 10.2 Å². The van der Waals surface area contributed by atoms with Crippen LogP contribution in [0.4, 0.5) is 13.2 Å². The molecule has 0 aliphatic carbocycles. The molecule has 1 N–H and O–H groups in total.